The number of nitro groups is 1. The number of halogens is 1. The average Bonchev–Trinajstić information content (AvgIpc) is 3.31. The number of nitro benzene ring substituents is 1. The molecule has 0 spiro atoms. The van der Waals surface area contributed by atoms with E-state index in [-0.39, 0.29) is 22.5 Å². The topological polar surface area (TPSA) is 88.5 Å². The van der Waals surface area contributed by atoms with Crippen molar-refractivity contribution in [2.75, 3.05) is 0 Å². The summed E-state index contributed by atoms with van der Waals surface area (Å²) in [5.74, 6) is 2.00. The third kappa shape index (κ3) is 1.61. The van der Waals surface area contributed by atoms with Gasteiger partial charge < -0.3 is 10.2 Å². The Kier molecular flexibility index (Phi) is 2.62. The minimum Gasteiger partial charge on any atom is -0.494 e. The Hall–Kier alpha value is -2.21. The second-order valence-electron chi connectivity index (χ2n) is 7.06. The van der Waals surface area contributed by atoms with Crippen molar-refractivity contribution >= 4 is 17.3 Å². The van der Waals surface area contributed by atoms with Crippen molar-refractivity contribution in [3.05, 3.63) is 44.5 Å². The largest absolute Gasteiger partial charge is 0.494 e. The fourth-order valence-electron chi connectivity index (χ4n) is 5.01. The van der Waals surface area contributed by atoms with Crippen molar-refractivity contribution in [1.29, 1.82) is 0 Å². The quantitative estimate of drug-likeness (QED) is 0.634. The number of aromatic nitrogens is 1. The molecule has 2 aromatic rings. The zero-order valence-corrected chi connectivity index (χ0v) is 13.4. The molecule has 4 atom stereocenters. The number of hydrogen-bond donors (Lipinski definition) is 2. The van der Waals surface area contributed by atoms with Crippen LogP contribution >= 0.6 is 11.6 Å². The Morgan fingerprint density at radius 1 is 1.12 bits per heavy atom. The molecule has 1 aromatic heterocycles. The number of aromatic hydroxyl groups is 2. The lowest BCUT2D eigenvalue weighted by molar-refractivity contribution is -0.384. The van der Waals surface area contributed by atoms with Gasteiger partial charge in [0.15, 0.2) is 0 Å². The number of hydrogen-bond acceptors (Lipinski definition) is 4. The van der Waals surface area contributed by atoms with E-state index < -0.39 is 4.92 Å². The maximum absolute atomic E-state index is 10.9. The van der Waals surface area contributed by atoms with Gasteiger partial charge in [0.2, 0.25) is 11.8 Å². The molecule has 0 radical (unpaired) electrons. The summed E-state index contributed by atoms with van der Waals surface area (Å²) in [6.07, 6.45) is 3.29. The molecule has 2 saturated carbocycles. The Bertz CT molecular complexity index is 867. The fourth-order valence-corrected chi connectivity index (χ4v) is 5.25. The predicted molar refractivity (Wildman–Crippen MR) is 87.1 cm³/mol. The van der Waals surface area contributed by atoms with E-state index in [1.807, 2.05) is 0 Å². The SMILES string of the molecule is O=[N+]([O-])c1ccc(-n2c(O)c3c(c2O)[C@@H]2CC[C@H]3[C@H]3C[C@H]32)cc1Cl. The van der Waals surface area contributed by atoms with E-state index in [4.69, 9.17) is 11.6 Å². The molecule has 6 rings (SSSR count). The predicted octanol–water partition coefficient (Wildman–Crippen LogP) is 4.06. The monoisotopic (exact) mass is 346 g/mol. The molecule has 24 heavy (non-hydrogen) atoms. The van der Waals surface area contributed by atoms with E-state index in [9.17, 15) is 20.3 Å². The van der Waals surface area contributed by atoms with Crippen molar-refractivity contribution in [1.82, 2.24) is 4.57 Å². The normalized spacial score (nSPS) is 29.2. The van der Waals surface area contributed by atoms with Crippen molar-refractivity contribution in [3.63, 3.8) is 0 Å². The average molecular weight is 347 g/mol. The van der Waals surface area contributed by atoms with Gasteiger partial charge in [0.25, 0.3) is 5.69 Å². The highest BCUT2D eigenvalue weighted by Gasteiger charge is 2.58. The first-order valence-electron chi connectivity index (χ1n) is 8.09. The highest BCUT2D eigenvalue weighted by molar-refractivity contribution is 6.32. The third-order valence-electron chi connectivity index (χ3n) is 6.04. The standard InChI is InChI=1S/C17H15ClN2O4/c18-12-5-7(1-4-13(12)20(23)24)19-16(21)14-8-2-3-9(11-6-10(8)11)15(14)17(19)22/h1,4-5,8-11,21-22H,2-3,6H2/t8-,9+,10+,11-. The summed E-state index contributed by atoms with van der Waals surface area (Å²) >= 11 is 5.99. The number of nitrogens with zero attached hydrogens (tertiary/aromatic N) is 2. The molecule has 0 amide bonds. The Labute approximate surface area is 142 Å². The van der Waals surface area contributed by atoms with Gasteiger partial charge in [-0.3, -0.25) is 14.7 Å². The van der Waals surface area contributed by atoms with Crippen LogP contribution in [0.5, 0.6) is 11.8 Å². The molecule has 4 aliphatic carbocycles. The van der Waals surface area contributed by atoms with E-state index >= 15 is 0 Å². The van der Waals surface area contributed by atoms with Crippen LogP contribution in [0.25, 0.3) is 5.69 Å². The molecule has 1 aromatic carbocycles. The van der Waals surface area contributed by atoms with Gasteiger partial charge >= 0.3 is 0 Å². The van der Waals surface area contributed by atoms with Crippen molar-refractivity contribution in [2.24, 2.45) is 11.8 Å². The molecule has 0 aliphatic heterocycles. The number of fused-ring (bicyclic) bond motifs is 1. The van der Waals surface area contributed by atoms with Gasteiger partial charge in [0.1, 0.15) is 5.02 Å². The molecule has 0 saturated heterocycles. The van der Waals surface area contributed by atoms with E-state index in [1.165, 1.54) is 29.2 Å². The molecule has 1 heterocycles. The Morgan fingerprint density at radius 2 is 1.71 bits per heavy atom. The molecular formula is C17H15ClN2O4. The van der Waals surface area contributed by atoms with E-state index in [0.717, 1.165) is 24.0 Å². The van der Waals surface area contributed by atoms with E-state index in [2.05, 4.69) is 0 Å². The van der Waals surface area contributed by atoms with Crippen LogP contribution in [0.3, 0.4) is 0 Å². The van der Waals surface area contributed by atoms with Crippen LogP contribution in [0.4, 0.5) is 5.69 Å². The van der Waals surface area contributed by atoms with E-state index in [0.29, 0.717) is 29.4 Å². The first-order valence-corrected chi connectivity index (χ1v) is 8.47. The lowest BCUT2D eigenvalue weighted by atomic mass is 9.68. The summed E-state index contributed by atoms with van der Waals surface area (Å²) in [6.45, 7) is 0. The summed E-state index contributed by atoms with van der Waals surface area (Å²) < 4.78 is 1.37. The first-order chi connectivity index (χ1) is 11.5. The zero-order valence-electron chi connectivity index (χ0n) is 12.6. The zero-order chi connectivity index (χ0) is 16.7. The van der Waals surface area contributed by atoms with Gasteiger partial charge in [-0.05, 0) is 55.1 Å². The Balaban J connectivity index is 1.69. The number of benzene rings is 1. The molecule has 0 unspecified atom stereocenters. The van der Waals surface area contributed by atoms with Gasteiger partial charge in [0, 0.05) is 17.2 Å². The van der Waals surface area contributed by atoms with Gasteiger partial charge in [-0.1, -0.05) is 11.6 Å². The van der Waals surface area contributed by atoms with Crippen LogP contribution in [0, 0.1) is 22.0 Å². The summed E-state index contributed by atoms with van der Waals surface area (Å²) in [5, 5.41) is 32.4. The van der Waals surface area contributed by atoms with Gasteiger partial charge in [-0.15, -0.1) is 0 Å². The molecule has 6 nitrogen and oxygen atoms in total. The highest BCUT2D eigenvalue weighted by atomic mass is 35.5. The first kappa shape index (κ1) is 14.2. The maximum atomic E-state index is 10.9. The maximum Gasteiger partial charge on any atom is 0.288 e. The summed E-state index contributed by atoms with van der Waals surface area (Å²) in [4.78, 5) is 10.4. The molecular weight excluding hydrogens is 332 g/mol. The molecule has 2 N–H and O–H groups in total. The Morgan fingerprint density at radius 3 is 2.21 bits per heavy atom. The van der Waals surface area contributed by atoms with Gasteiger partial charge in [-0.2, -0.15) is 0 Å². The highest BCUT2D eigenvalue weighted by Crippen LogP contribution is 2.70. The molecule has 124 valence electrons. The van der Waals surface area contributed by atoms with Crippen LogP contribution in [-0.2, 0) is 0 Å². The number of rotatable bonds is 2. The minimum atomic E-state index is -0.555. The summed E-state index contributed by atoms with van der Waals surface area (Å²) in [5.41, 5.74) is 1.98. The molecule has 4 aliphatic rings. The van der Waals surface area contributed by atoms with Crippen molar-refractivity contribution < 1.29 is 15.1 Å². The van der Waals surface area contributed by atoms with Crippen LogP contribution in [0.1, 0.15) is 42.2 Å². The van der Waals surface area contributed by atoms with Crippen LogP contribution in [-0.4, -0.2) is 19.7 Å². The molecule has 2 bridgehead atoms. The smallest absolute Gasteiger partial charge is 0.288 e. The van der Waals surface area contributed by atoms with Gasteiger partial charge in [-0.25, -0.2) is 0 Å². The van der Waals surface area contributed by atoms with Crippen LogP contribution in [0.2, 0.25) is 5.02 Å². The van der Waals surface area contributed by atoms with Crippen LogP contribution in [0.15, 0.2) is 18.2 Å². The second kappa shape index (κ2) is 4.45. The fraction of sp³-hybridized carbons (Fsp3) is 0.412. The molecule has 2 fully saturated rings. The van der Waals surface area contributed by atoms with Crippen LogP contribution < -0.4 is 0 Å². The second-order valence-corrected chi connectivity index (χ2v) is 7.46. The lowest BCUT2D eigenvalue weighted by Crippen LogP contribution is -2.22. The molecule has 7 heteroatoms. The summed E-state index contributed by atoms with van der Waals surface area (Å²) in [7, 11) is 0. The van der Waals surface area contributed by atoms with Gasteiger partial charge in [0.05, 0.1) is 10.6 Å². The van der Waals surface area contributed by atoms with Crippen molar-refractivity contribution in [2.45, 2.75) is 31.1 Å². The van der Waals surface area contributed by atoms with Crippen molar-refractivity contribution in [3.8, 4) is 17.4 Å². The lowest BCUT2D eigenvalue weighted by Gasteiger charge is -2.35. The van der Waals surface area contributed by atoms with E-state index in [1.54, 1.807) is 0 Å². The minimum absolute atomic E-state index is 0.0196. The third-order valence-corrected chi connectivity index (χ3v) is 6.34. The summed E-state index contributed by atoms with van der Waals surface area (Å²) in [6, 6.07) is 4.20.